The zero-order valence-electron chi connectivity index (χ0n) is 12.3. The lowest BCUT2D eigenvalue weighted by atomic mass is 9.86. The van der Waals surface area contributed by atoms with E-state index >= 15 is 0 Å². The first-order chi connectivity index (χ1) is 9.34. The Balaban J connectivity index is 2.38. The maximum Gasteiger partial charge on any atom is 0.0893 e. The van der Waals surface area contributed by atoms with Gasteiger partial charge in [0, 0.05) is 7.05 Å². The summed E-state index contributed by atoms with van der Waals surface area (Å²) in [6.45, 7) is 6.58. The summed E-state index contributed by atoms with van der Waals surface area (Å²) < 4.78 is 1.74. The van der Waals surface area contributed by atoms with Gasteiger partial charge in [-0.05, 0) is 16.5 Å². The van der Waals surface area contributed by atoms with Crippen LogP contribution in [0.3, 0.4) is 0 Å². The van der Waals surface area contributed by atoms with Crippen LogP contribution < -0.4 is 11.3 Å². The van der Waals surface area contributed by atoms with Crippen LogP contribution >= 0.6 is 11.6 Å². The number of aryl methyl sites for hydroxylation is 1. The monoisotopic (exact) mass is 292 g/mol. The van der Waals surface area contributed by atoms with Crippen LogP contribution in [-0.4, -0.2) is 9.78 Å². The van der Waals surface area contributed by atoms with Gasteiger partial charge in [0.15, 0.2) is 0 Å². The van der Waals surface area contributed by atoms with Crippen molar-refractivity contribution < 1.29 is 0 Å². The molecule has 0 aliphatic carbocycles. The summed E-state index contributed by atoms with van der Waals surface area (Å²) in [7, 11) is 1.86. The zero-order chi connectivity index (χ0) is 14.9. The summed E-state index contributed by atoms with van der Waals surface area (Å²) >= 11 is 6.19. The molecule has 20 heavy (non-hydrogen) atoms. The lowest BCUT2D eigenvalue weighted by Gasteiger charge is -2.21. The molecule has 0 saturated heterocycles. The van der Waals surface area contributed by atoms with E-state index in [0.717, 1.165) is 11.3 Å². The molecule has 0 spiro atoms. The predicted molar refractivity (Wildman–Crippen MR) is 82.5 cm³/mol. The third kappa shape index (κ3) is 2.87. The Kier molecular flexibility index (Phi) is 4.18. The highest BCUT2D eigenvalue weighted by molar-refractivity contribution is 6.31. The van der Waals surface area contributed by atoms with E-state index in [4.69, 9.17) is 17.4 Å². The van der Waals surface area contributed by atoms with E-state index in [2.05, 4.69) is 55.6 Å². The molecule has 1 aromatic heterocycles. The predicted octanol–water partition coefficient (Wildman–Crippen LogP) is 2.92. The topological polar surface area (TPSA) is 55.9 Å². The van der Waals surface area contributed by atoms with Crippen LogP contribution in [0.5, 0.6) is 0 Å². The molecule has 1 unspecified atom stereocenters. The van der Waals surface area contributed by atoms with Gasteiger partial charge in [-0.15, -0.1) is 0 Å². The van der Waals surface area contributed by atoms with Crippen LogP contribution in [0.1, 0.15) is 43.6 Å². The number of benzene rings is 1. The third-order valence-electron chi connectivity index (χ3n) is 3.49. The summed E-state index contributed by atoms with van der Waals surface area (Å²) in [6.07, 6.45) is 1.63. The van der Waals surface area contributed by atoms with Crippen molar-refractivity contribution in [2.24, 2.45) is 12.9 Å². The van der Waals surface area contributed by atoms with E-state index in [1.807, 2.05) is 7.05 Å². The van der Waals surface area contributed by atoms with Crippen molar-refractivity contribution in [2.75, 3.05) is 0 Å². The second-order valence-corrected chi connectivity index (χ2v) is 6.38. The first-order valence-corrected chi connectivity index (χ1v) is 6.96. The van der Waals surface area contributed by atoms with Crippen LogP contribution in [0.4, 0.5) is 0 Å². The molecule has 2 rings (SSSR count). The van der Waals surface area contributed by atoms with Crippen molar-refractivity contribution in [1.82, 2.24) is 15.2 Å². The molecule has 0 bridgehead atoms. The van der Waals surface area contributed by atoms with E-state index in [1.165, 1.54) is 5.56 Å². The summed E-state index contributed by atoms with van der Waals surface area (Å²) in [5.41, 5.74) is 6.15. The Labute approximate surface area is 124 Å². The number of hydrogen-bond acceptors (Lipinski definition) is 3. The molecule has 0 fully saturated rings. The summed E-state index contributed by atoms with van der Waals surface area (Å²) in [5.74, 6) is 5.71. The molecule has 1 aromatic carbocycles. The Bertz CT molecular complexity index is 561. The van der Waals surface area contributed by atoms with E-state index in [-0.39, 0.29) is 11.5 Å². The molecule has 1 atom stereocenters. The van der Waals surface area contributed by atoms with Gasteiger partial charge in [-0.3, -0.25) is 10.5 Å². The maximum absolute atomic E-state index is 6.19. The van der Waals surface area contributed by atoms with Crippen molar-refractivity contribution in [1.29, 1.82) is 0 Å². The number of nitrogens with zero attached hydrogens (tertiary/aromatic N) is 2. The first kappa shape index (κ1) is 15.0. The molecular weight excluding hydrogens is 272 g/mol. The van der Waals surface area contributed by atoms with Crippen molar-refractivity contribution >= 4 is 11.6 Å². The Morgan fingerprint density at radius 2 is 1.85 bits per heavy atom. The first-order valence-electron chi connectivity index (χ1n) is 6.58. The molecule has 1 heterocycles. The molecule has 3 N–H and O–H groups in total. The number of hydrazine groups is 1. The van der Waals surface area contributed by atoms with Crippen molar-refractivity contribution in [3.63, 3.8) is 0 Å². The van der Waals surface area contributed by atoms with Crippen LogP contribution in [0.25, 0.3) is 0 Å². The highest BCUT2D eigenvalue weighted by Gasteiger charge is 2.21. The Morgan fingerprint density at radius 3 is 2.25 bits per heavy atom. The minimum absolute atomic E-state index is 0.133. The Hall–Kier alpha value is -1.36. The van der Waals surface area contributed by atoms with E-state index < -0.39 is 0 Å². The van der Waals surface area contributed by atoms with Crippen LogP contribution in [-0.2, 0) is 12.5 Å². The average molecular weight is 293 g/mol. The molecule has 108 valence electrons. The number of nitrogens with one attached hydrogen (secondary N) is 1. The second kappa shape index (κ2) is 5.56. The van der Waals surface area contributed by atoms with E-state index in [0.29, 0.717) is 5.02 Å². The van der Waals surface area contributed by atoms with Gasteiger partial charge in [-0.2, -0.15) is 5.10 Å². The second-order valence-electron chi connectivity index (χ2n) is 5.97. The summed E-state index contributed by atoms with van der Waals surface area (Å²) in [5, 5.41) is 4.76. The lowest BCUT2D eigenvalue weighted by molar-refractivity contribution is 0.570. The highest BCUT2D eigenvalue weighted by atomic mass is 35.5. The fourth-order valence-electron chi connectivity index (χ4n) is 2.25. The fourth-order valence-corrected chi connectivity index (χ4v) is 2.53. The van der Waals surface area contributed by atoms with E-state index in [1.54, 1.807) is 10.9 Å². The summed E-state index contributed by atoms with van der Waals surface area (Å²) in [4.78, 5) is 0. The fraction of sp³-hybridized carbons (Fsp3) is 0.400. The van der Waals surface area contributed by atoms with Gasteiger partial charge in [0.05, 0.1) is 23.0 Å². The standard InChI is InChI=1S/C15H21ClN4/c1-15(2,3)11-7-5-10(6-8-11)13(19-17)14-12(16)9-18-20(14)4/h5-9,13,19H,17H2,1-4H3. The molecule has 4 nitrogen and oxygen atoms in total. The van der Waals surface area contributed by atoms with Gasteiger partial charge in [-0.25, -0.2) is 5.43 Å². The largest absolute Gasteiger partial charge is 0.271 e. The van der Waals surface area contributed by atoms with Crippen molar-refractivity contribution in [2.45, 2.75) is 32.2 Å². The molecule has 0 aliphatic heterocycles. The molecular formula is C15H21ClN4. The molecule has 0 aliphatic rings. The molecule has 0 radical (unpaired) electrons. The third-order valence-corrected chi connectivity index (χ3v) is 3.78. The van der Waals surface area contributed by atoms with Gasteiger partial charge in [0.2, 0.25) is 0 Å². The Morgan fingerprint density at radius 1 is 1.25 bits per heavy atom. The minimum atomic E-state index is -0.177. The quantitative estimate of drug-likeness (QED) is 0.675. The lowest BCUT2D eigenvalue weighted by Crippen LogP contribution is -2.30. The highest BCUT2D eigenvalue weighted by Crippen LogP contribution is 2.29. The van der Waals surface area contributed by atoms with Crippen LogP contribution in [0, 0.1) is 0 Å². The van der Waals surface area contributed by atoms with Gasteiger partial charge >= 0.3 is 0 Å². The van der Waals surface area contributed by atoms with Gasteiger partial charge in [0.1, 0.15) is 0 Å². The molecule has 0 saturated carbocycles. The maximum atomic E-state index is 6.19. The van der Waals surface area contributed by atoms with Crippen LogP contribution in [0.2, 0.25) is 5.02 Å². The normalized spacial score (nSPS) is 13.5. The SMILES string of the molecule is Cn1ncc(Cl)c1C(NN)c1ccc(C(C)(C)C)cc1. The van der Waals surface area contributed by atoms with Crippen molar-refractivity contribution in [3.05, 3.63) is 52.3 Å². The van der Waals surface area contributed by atoms with Crippen molar-refractivity contribution in [3.8, 4) is 0 Å². The number of halogens is 1. The number of aromatic nitrogens is 2. The molecule has 5 heteroatoms. The average Bonchev–Trinajstić information content (AvgIpc) is 2.71. The van der Waals surface area contributed by atoms with Gasteiger partial charge in [0.25, 0.3) is 0 Å². The van der Waals surface area contributed by atoms with Crippen LogP contribution in [0.15, 0.2) is 30.5 Å². The van der Waals surface area contributed by atoms with Gasteiger partial charge < -0.3 is 0 Å². The number of hydrogen-bond donors (Lipinski definition) is 2. The smallest absolute Gasteiger partial charge is 0.0893 e. The van der Waals surface area contributed by atoms with Gasteiger partial charge in [-0.1, -0.05) is 56.6 Å². The van der Waals surface area contributed by atoms with E-state index in [9.17, 15) is 0 Å². The summed E-state index contributed by atoms with van der Waals surface area (Å²) in [6, 6.07) is 8.24. The minimum Gasteiger partial charge on any atom is -0.271 e. The molecule has 0 amide bonds. The zero-order valence-corrected chi connectivity index (χ0v) is 13.1. The molecule has 2 aromatic rings. The number of nitrogens with two attached hydrogens (primary N) is 1. The number of rotatable bonds is 3.